The van der Waals surface area contributed by atoms with E-state index < -0.39 is 31.5 Å². The van der Waals surface area contributed by atoms with E-state index in [-0.39, 0.29) is 23.6 Å². The first-order valence-corrected chi connectivity index (χ1v) is 16.4. The minimum absolute atomic E-state index is 0.0547. The van der Waals surface area contributed by atoms with Crippen molar-refractivity contribution in [2.75, 3.05) is 17.6 Å². The SMILES string of the molecule is CC(C)n1cc(-c2ccnc(NC3CCC([I-]N4CCCS4(=O)=O)CC3)n2)n(-c2ccc(F)cc2)c1=O. The summed E-state index contributed by atoms with van der Waals surface area (Å²) >= 11 is -0.512. The van der Waals surface area contributed by atoms with Crippen LogP contribution in [0.1, 0.15) is 52.0 Å². The molecule has 37 heavy (non-hydrogen) atoms. The summed E-state index contributed by atoms with van der Waals surface area (Å²) in [6, 6.07) is 7.76. The molecule has 12 heteroatoms. The molecule has 2 aromatic heterocycles. The van der Waals surface area contributed by atoms with Gasteiger partial charge in [-0.15, -0.1) is 0 Å². The maximum absolute atomic E-state index is 13.5. The number of hydrogen-bond acceptors (Lipinski definition) is 6. The summed E-state index contributed by atoms with van der Waals surface area (Å²) in [4.78, 5) is 22.4. The maximum atomic E-state index is 13.5. The van der Waals surface area contributed by atoms with Gasteiger partial charge in [-0.1, -0.05) is 0 Å². The Balaban J connectivity index is 1.32. The van der Waals surface area contributed by atoms with Crippen molar-refractivity contribution in [3.8, 4) is 17.1 Å². The third-order valence-electron chi connectivity index (χ3n) is 6.75. The molecule has 9 nitrogen and oxygen atoms in total. The fourth-order valence-corrected chi connectivity index (χ4v) is 11.2. The van der Waals surface area contributed by atoms with Gasteiger partial charge in [-0.25, -0.2) is 4.39 Å². The van der Waals surface area contributed by atoms with Gasteiger partial charge >= 0.3 is 191 Å². The van der Waals surface area contributed by atoms with E-state index in [9.17, 15) is 17.6 Å². The molecule has 0 atom stereocenters. The Morgan fingerprint density at radius 3 is 2.49 bits per heavy atom. The van der Waals surface area contributed by atoms with Crippen molar-refractivity contribution in [1.82, 2.24) is 21.6 Å². The van der Waals surface area contributed by atoms with Crippen LogP contribution in [0.2, 0.25) is 0 Å². The summed E-state index contributed by atoms with van der Waals surface area (Å²) in [6.45, 7) is 4.56. The number of nitrogens with zero attached hydrogens (tertiary/aromatic N) is 5. The van der Waals surface area contributed by atoms with E-state index in [0.717, 1.165) is 32.1 Å². The van der Waals surface area contributed by atoms with Gasteiger partial charge in [0.2, 0.25) is 0 Å². The number of anilines is 1. The van der Waals surface area contributed by atoms with Gasteiger partial charge < -0.3 is 0 Å². The molecule has 200 valence electrons. The molecule has 1 saturated carbocycles. The van der Waals surface area contributed by atoms with E-state index in [1.807, 2.05) is 13.8 Å². The third-order valence-corrected chi connectivity index (χ3v) is 13.8. The Hall–Kier alpha value is -2.32. The van der Waals surface area contributed by atoms with Crippen LogP contribution in [-0.4, -0.2) is 52.3 Å². The van der Waals surface area contributed by atoms with Crippen LogP contribution >= 0.6 is 0 Å². The molecular weight excluding hydrogens is 610 g/mol. The second-order valence-corrected chi connectivity index (χ2v) is 15.9. The third kappa shape index (κ3) is 5.75. The van der Waals surface area contributed by atoms with E-state index in [1.165, 1.54) is 12.1 Å². The van der Waals surface area contributed by atoms with Crippen molar-refractivity contribution in [2.24, 2.45) is 0 Å². The van der Waals surface area contributed by atoms with Crippen LogP contribution in [-0.2, 0) is 10.0 Å². The summed E-state index contributed by atoms with van der Waals surface area (Å²) in [6.07, 6.45) is 8.08. The molecule has 5 rings (SSSR count). The predicted molar refractivity (Wildman–Crippen MR) is 136 cm³/mol. The fraction of sp³-hybridized carbons (Fsp3) is 0.480. The van der Waals surface area contributed by atoms with Crippen LogP contribution in [0, 0.1) is 5.82 Å². The summed E-state index contributed by atoms with van der Waals surface area (Å²) in [7, 11) is -3.01. The molecular formula is C25H31FIN6O3S-. The van der Waals surface area contributed by atoms with Gasteiger partial charge in [0.25, 0.3) is 0 Å². The van der Waals surface area contributed by atoms with Gasteiger partial charge in [0.05, 0.1) is 0 Å². The molecule has 0 bridgehead atoms. The van der Waals surface area contributed by atoms with Crippen LogP contribution in [0.5, 0.6) is 0 Å². The van der Waals surface area contributed by atoms with Gasteiger partial charge in [-0.05, 0) is 26.0 Å². The van der Waals surface area contributed by atoms with Crippen LogP contribution < -0.4 is 32.5 Å². The Kier molecular flexibility index (Phi) is 7.68. The number of aromatic nitrogens is 4. The molecule has 2 aliphatic rings. The first-order chi connectivity index (χ1) is 17.7. The normalized spacial score (nSPS) is 22.1. The zero-order valence-electron chi connectivity index (χ0n) is 20.8. The molecule has 0 amide bonds. The van der Waals surface area contributed by atoms with E-state index in [2.05, 4.69) is 10.3 Å². The summed E-state index contributed by atoms with van der Waals surface area (Å²) in [5, 5.41) is 3.45. The molecule has 0 spiro atoms. The summed E-state index contributed by atoms with van der Waals surface area (Å²) in [5.41, 5.74) is 1.55. The molecule has 2 fully saturated rings. The van der Waals surface area contributed by atoms with E-state index in [0.29, 0.717) is 39.2 Å². The number of hydrogen-bond donors (Lipinski definition) is 1. The number of nitrogens with one attached hydrogen (secondary N) is 1. The second kappa shape index (κ2) is 10.8. The molecule has 0 radical (unpaired) electrons. The van der Waals surface area contributed by atoms with Crippen molar-refractivity contribution in [1.29, 1.82) is 0 Å². The van der Waals surface area contributed by atoms with Crippen LogP contribution in [0.3, 0.4) is 0 Å². The monoisotopic (exact) mass is 641 g/mol. The van der Waals surface area contributed by atoms with Gasteiger partial charge in [-0.3, -0.25) is 0 Å². The Labute approximate surface area is 226 Å². The number of halogens is 2. The zero-order chi connectivity index (χ0) is 26.2. The number of rotatable bonds is 7. The van der Waals surface area contributed by atoms with Gasteiger partial charge in [0, 0.05) is 0 Å². The molecule has 1 aromatic carbocycles. The molecule has 0 unspecified atom stereocenters. The quantitative estimate of drug-likeness (QED) is 0.230. The average molecular weight is 642 g/mol. The molecule has 1 aliphatic carbocycles. The predicted octanol–water partition coefficient (Wildman–Crippen LogP) is 0.579. The van der Waals surface area contributed by atoms with Crippen molar-refractivity contribution in [2.45, 2.75) is 62.0 Å². The zero-order valence-corrected chi connectivity index (χ0v) is 23.8. The van der Waals surface area contributed by atoms with Gasteiger partial charge in [0.15, 0.2) is 0 Å². The minimum atomic E-state index is -3.01. The van der Waals surface area contributed by atoms with Crippen molar-refractivity contribution >= 4 is 16.0 Å². The summed E-state index contributed by atoms with van der Waals surface area (Å²) < 4.78 is 43.3. The Morgan fingerprint density at radius 2 is 1.84 bits per heavy atom. The second-order valence-electron chi connectivity index (χ2n) is 9.75. The van der Waals surface area contributed by atoms with Gasteiger partial charge in [0.1, 0.15) is 5.82 Å². The first kappa shape index (κ1) is 26.3. The molecule has 1 saturated heterocycles. The van der Waals surface area contributed by atoms with Crippen molar-refractivity contribution < 1.29 is 34.3 Å². The molecule has 3 aromatic rings. The van der Waals surface area contributed by atoms with E-state index in [4.69, 9.17) is 4.98 Å². The number of imidazole rings is 1. The molecule has 1 N–H and O–H groups in total. The van der Waals surface area contributed by atoms with Crippen molar-refractivity contribution in [3.05, 3.63) is 59.0 Å². The molecule has 1 aliphatic heterocycles. The first-order valence-electron chi connectivity index (χ1n) is 12.5. The van der Waals surface area contributed by atoms with Crippen molar-refractivity contribution in [3.63, 3.8) is 0 Å². The van der Waals surface area contributed by atoms with Gasteiger partial charge in [-0.2, -0.15) is 0 Å². The van der Waals surface area contributed by atoms with E-state index >= 15 is 0 Å². The van der Waals surface area contributed by atoms with Crippen LogP contribution in [0.4, 0.5) is 10.3 Å². The number of benzene rings is 1. The average Bonchev–Trinajstić information content (AvgIpc) is 3.39. The Morgan fingerprint density at radius 1 is 1.11 bits per heavy atom. The van der Waals surface area contributed by atoms with Crippen LogP contribution in [0.15, 0.2) is 47.5 Å². The topological polar surface area (TPSA) is 102 Å². The summed E-state index contributed by atoms with van der Waals surface area (Å²) in [5.74, 6) is 0.426. The number of sulfonamides is 1. The Bertz CT molecular complexity index is 1410. The van der Waals surface area contributed by atoms with Crippen LogP contribution in [0.25, 0.3) is 17.1 Å². The standard InChI is InChI=1S/C25H31FIN6O3S/c1-17(2)31-16-23(33(25(31)34)21-10-4-18(26)5-11-21)22-12-13-28-24(30-22)29-20-8-6-19(7-9-20)27-32-14-3-15-37(32,35)36/h4-5,10-13,16-17,19-20H,3,6-9,14-15H2,1-2H3,(H,28,29,30)/q-1. The fourth-order valence-electron chi connectivity index (χ4n) is 4.77. The van der Waals surface area contributed by atoms with E-state index in [1.54, 1.807) is 42.2 Å². The molecule has 3 heterocycles. The number of alkyl halides is 1.